The van der Waals surface area contributed by atoms with E-state index < -0.39 is 0 Å². The molecule has 2 aromatic rings. The van der Waals surface area contributed by atoms with Crippen molar-refractivity contribution in [2.75, 3.05) is 18.9 Å². The Balaban J connectivity index is 1.78. The molecule has 0 aromatic carbocycles. The van der Waals surface area contributed by atoms with Crippen LogP contribution in [0.5, 0.6) is 0 Å². The third-order valence-corrected chi connectivity index (χ3v) is 5.70. The summed E-state index contributed by atoms with van der Waals surface area (Å²) < 4.78 is 1.74. The number of carbonyl (C=O) groups excluding carboxylic acids is 2. The van der Waals surface area contributed by atoms with E-state index >= 15 is 0 Å². The van der Waals surface area contributed by atoms with Gasteiger partial charge in [-0.1, -0.05) is 11.3 Å². The number of nitrogens with zero attached hydrogens (tertiary/aromatic N) is 4. The van der Waals surface area contributed by atoms with Gasteiger partial charge in [-0.25, -0.2) is 4.98 Å². The van der Waals surface area contributed by atoms with Crippen LogP contribution in [0.4, 0.5) is 5.13 Å². The molecule has 1 saturated heterocycles. The highest BCUT2D eigenvalue weighted by atomic mass is 32.1. The van der Waals surface area contributed by atoms with Crippen LogP contribution in [0.2, 0.25) is 0 Å². The van der Waals surface area contributed by atoms with Gasteiger partial charge in [0.2, 0.25) is 5.91 Å². The molecule has 0 radical (unpaired) electrons. The number of hydrogen-bond acceptors (Lipinski definition) is 6. The van der Waals surface area contributed by atoms with Crippen LogP contribution in [-0.2, 0) is 11.8 Å². The van der Waals surface area contributed by atoms with Gasteiger partial charge >= 0.3 is 0 Å². The highest BCUT2D eigenvalue weighted by molar-refractivity contribution is 7.17. The van der Waals surface area contributed by atoms with Crippen LogP contribution in [0.25, 0.3) is 0 Å². The molecule has 146 valence electrons. The second-order valence-corrected chi connectivity index (χ2v) is 8.81. The molecule has 2 aromatic heterocycles. The Morgan fingerprint density at radius 1 is 1.37 bits per heavy atom. The van der Waals surface area contributed by atoms with E-state index in [0.717, 1.165) is 5.56 Å². The van der Waals surface area contributed by atoms with Crippen molar-refractivity contribution in [1.29, 1.82) is 0 Å². The Morgan fingerprint density at radius 2 is 2.11 bits per heavy atom. The normalized spacial score (nSPS) is 20.2. The van der Waals surface area contributed by atoms with Crippen molar-refractivity contribution < 1.29 is 9.59 Å². The number of likely N-dealkylation sites (tertiary alicyclic amines) is 1. The molecule has 0 saturated carbocycles. The number of thiazole rings is 1. The van der Waals surface area contributed by atoms with E-state index in [1.54, 1.807) is 24.1 Å². The lowest BCUT2D eigenvalue weighted by molar-refractivity contribution is -0.133. The van der Waals surface area contributed by atoms with Gasteiger partial charge < -0.3 is 15.5 Å². The van der Waals surface area contributed by atoms with Crippen LogP contribution < -0.4 is 10.6 Å². The summed E-state index contributed by atoms with van der Waals surface area (Å²) in [7, 11) is 3.63. The molecule has 2 N–H and O–H groups in total. The molecule has 3 rings (SSSR count). The zero-order chi connectivity index (χ0) is 19.8. The molecule has 0 bridgehead atoms. The molecule has 27 heavy (non-hydrogen) atoms. The van der Waals surface area contributed by atoms with E-state index in [4.69, 9.17) is 0 Å². The van der Waals surface area contributed by atoms with Gasteiger partial charge in [-0.05, 0) is 20.8 Å². The van der Waals surface area contributed by atoms with Gasteiger partial charge in [0.05, 0.1) is 18.4 Å². The van der Waals surface area contributed by atoms with Crippen LogP contribution in [0.1, 0.15) is 48.5 Å². The summed E-state index contributed by atoms with van der Waals surface area (Å²) in [4.78, 5) is 31.8. The predicted molar refractivity (Wildman–Crippen MR) is 105 cm³/mol. The molecule has 3 heterocycles. The Bertz CT molecular complexity index is 837. The van der Waals surface area contributed by atoms with Gasteiger partial charge in [0.25, 0.3) is 5.91 Å². The SMILES string of the molecule is CNc1ncc(C(=O)NC[C@@H]2CC(=O)N(C(C)(C)C)[C@H]2c2cnn(C)c2)s1. The van der Waals surface area contributed by atoms with Crippen molar-refractivity contribution in [3.63, 3.8) is 0 Å². The van der Waals surface area contributed by atoms with Gasteiger partial charge in [0.1, 0.15) is 4.88 Å². The number of carbonyl (C=O) groups is 2. The molecule has 1 fully saturated rings. The summed E-state index contributed by atoms with van der Waals surface area (Å²) in [5, 5.41) is 10.9. The van der Waals surface area contributed by atoms with Gasteiger partial charge in [0.15, 0.2) is 5.13 Å². The highest BCUT2D eigenvalue weighted by Crippen LogP contribution is 2.42. The summed E-state index contributed by atoms with van der Waals surface area (Å²) in [5.74, 6) is -0.0759. The molecule has 8 nitrogen and oxygen atoms in total. The Kier molecular flexibility index (Phi) is 5.23. The second kappa shape index (κ2) is 7.30. The third kappa shape index (κ3) is 3.97. The minimum absolute atomic E-state index is 0.0124. The van der Waals surface area contributed by atoms with Gasteiger partial charge in [-0.15, -0.1) is 0 Å². The van der Waals surface area contributed by atoms with Crippen LogP contribution in [0.15, 0.2) is 18.6 Å². The summed E-state index contributed by atoms with van der Waals surface area (Å²) in [6.07, 6.45) is 5.71. The van der Waals surface area contributed by atoms with Crippen LogP contribution >= 0.6 is 11.3 Å². The fraction of sp³-hybridized carbons (Fsp3) is 0.556. The quantitative estimate of drug-likeness (QED) is 0.815. The molecule has 2 atom stereocenters. The third-order valence-electron chi connectivity index (χ3n) is 4.69. The molecular formula is C18H26N6O2S. The first-order valence-electron chi connectivity index (χ1n) is 8.93. The average molecular weight is 391 g/mol. The zero-order valence-corrected chi connectivity index (χ0v) is 17.1. The molecule has 1 aliphatic rings. The number of aromatic nitrogens is 3. The zero-order valence-electron chi connectivity index (χ0n) is 16.3. The van der Waals surface area contributed by atoms with Crippen molar-refractivity contribution in [2.45, 2.75) is 38.8 Å². The van der Waals surface area contributed by atoms with Crippen molar-refractivity contribution in [2.24, 2.45) is 13.0 Å². The molecule has 0 aliphatic carbocycles. The maximum absolute atomic E-state index is 12.7. The lowest BCUT2D eigenvalue weighted by atomic mass is 9.93. The number of nitrogens with one attached hydrogen (secondary N) is 2. The number of anilines is 1. The van der Waals surface area contributed by atoms with Gasteiger partial charge in [-0.3, -0.25) is 14.3 Å². The number of rotatable bonds is 5. The molecule has 9 heteroatoms. The first kappa shape index (κ1) is 19.3. The number of aryl methyl sites for hydroxylation is 1. The Morgan fingerprint density at radius 3 is 2.67 bits per heavy atom. The second-order valence-electron chi connectivity index (χ2n) is 7.78. The number of hydrogen-bond donors (Lipinski definition) is 2. The number of amides is 2. The van der Waals surface area contributed by atoms with E-state index in [1.165, 1.54) is 11.3 Å². The molecule has 1 aliphatic heterocycles. The van der Waals surface area contributed by atoms with E-state index in [-0.39, 0.29) is 29.3 Å². The summed E-state index contributed by atoms with van der Waals surface area (Å²) >= 11 is 1.30. The first-order chi connectivity index (χ1) is 12.7. The standard InChI is InChI=1S/C18H26N6O2S/c1-18(2,3)24-14(25)6-11(15(24)12-8-22-23(5)10-12)7-20-16(26)13-9-21-17(19-4)27-13/h8-11,15H,6-7H2,1-5H3,(H,19,21)(H,20,26)/t11-,15+/m0/s1. The van der Waals surface area contributed by atoms with Crippen LogP contribution in [0, 0.1) is 5.92 Å². The largest absolute Gasteiger partial charge is 0.365 e. The smallest absolute Gasteiger partial charge is 0.263 e. The van der Waals surface area contributed by atoms with Crippen LogP contribution in [0.3, 0.4) is 0 Å². The average Bonchev–Trinajstić information content (AvgIpc) is 3.29. The summed E-state index contributed by atoms with van der Waals surface area (Å²) in [6, 6.07) is -0.110. The van der Waals surface area contributed by atoms with Crippen molar-refractivity contribution >= 4 is 28.3 Å². The van der Waals surface area contributed by atoms with Gasteiger partial charge in [-0.2, -0.15) is 5.10 Å². The Hall–Kier alpha value is -2.42. The summed E-state index contributed by atoms with van der Waals surface area (Å²) in [5.41, 5.74) is 0.684. The fourth-order valence-corrected chi connectivity index (χ4v) is 4.28. The van der Waals surface area contributed by atoms with Crippen molar-refractivity contribution in [1.82, 2.24) is 25.0 Å². The minimum Gasteiger partial charge on any atom is -0.365 e. The van der Waals surface area contributed by atoms with E-state index in [1.807, 2.05) is 38.9 Å². The Labute approximate surface area is 163 Å². The van der Waals surface area contributed by atoms with E-state index in [0.29, 0.717) is 23.0 Å². The monoisotopic (exact) mass is 390 g/mol. The first-order valence-corrected chi connectivity index (χ1v) is 9.75. The van der Waals surface area contributed by atoms with Crippen molar-refractivity contribution in [3.8, 4) is 0 Å². The lowest BCUT2D eigenvalue weighted by Crippen LogP contribution is -2.44. The van der Waals surface area contributed by atoms with E-state index in [2.05, 4.69) is 20.7 Å². The van der Waals surface area contributed by atoms with E-state index in [9.17, 15) is 9.59 Å². The molecule has 0 spiro atoms. The predicted octanol–water partition coefficient (Wildman–Crippen LogP) is 2.04. The minimum atomic E-state index is -0.310. The fourth-order valence-electron chi connectivity index (χ4n) is 3.60. The van der Waals surface area contributed by atoms with Crippen molar-refractivity contribution in [3.05, 3.63) is 29.0 Å². The maximum atomic E-state index is 12.7. The topological polar surface area (TPSA) is 92.2 Å². The highest BCUT2D eigenvalue weighted by Gasteiger charge is 2.45. The molecule has 0 unspecified atom stereocenters. The van der Waals surface area contributed by atoms with Crippen LogP contribution in [-0.4, -0.2) is 50.6 Å². The van der Waals surface area contributed by atoms with Gasteiger partial charge in [0, 0.05) is 50.3 Å². The lowest BCUT2D eigenvalue weighted by Gasteiger charge is -2.38. The maximum Gasteiger partial charge on any atom is 0.263 e. The molecular weight excluding hydrogens is 364 g/mol. The summed E-state index contributed by atoms with van der Waals surface area (Å²) in [6.45, 7) is 6.52. The molecule has 2 amide bonds.